The fraction of sp³-hybridized carbons (Fsp3) is 0.500. The standard InChI is InChI=1S/C16H22N2O2S/c19-21(20,18-12-13-7-9-17-10-8-13)16-6-5-14-3-1-2-4-15(14)11-16/h5-7,11,17-18H,1-4,8-10,12H2. The summed E-state index contributed by atoms with van der Waals surface area (Å²) in [6, 6.07) is 5.57. The lowest BCUT2D eigenvalue weighted by atomic mass is 9.92. The van der Waals surface area contributed by atoms with Gasteiger partial charge in [0.15, 0.2) is 0 Å². The summed E-state index contributed by atoms with van der Waals surface area (Å²) < 4.78 is 27.5. The summed E-state index contributed by atoms with van der Waals surface area (Å²) in [6.07, 6.45) is 7.41. The molecule has 1 aliphatic heterocycles. The first-order valence-electron chi connectivity index (χ1n) is 7.65. The first-order chi connectivity index (χ1) is 10.1. The minimum absolute atomic E-state index is 0.401. The van der Waals surface area contributed by atoms with Gasteiger partial charge in [0, 0.05) is 13.1 Å². The zero-order valence-electron chi connectivity index (χ0n) is 12.2. The highest BCUT2D eigenvalue weighted by Crippen LogP contribution is 2.24. The lowest BCUT2D eigenvalue weighted by Gasteiger charge is -2.18. The monoisotopic (exact) mass is 306 g/mol. The lowest BCUT2D eigenvalue weighted by Crippen LogP contribution is -2.29. The molecule has 1 aromatic rings. The third kappa shape index (κ3) is 3.54. The van der Waals surface area contributed by atoms with E-state index < -0.39 is 10.0 Å². The van der Waals surface area contributed by atoms with E-state index in [2.05, 4.69) is 16.1 Å². The maximum Gasteiger partial charge on any atom is 0.240 e. The van der Waals surface area contributed by atoms with E-state index in [1.807, 2.05) is 12.1 Å². The van der Waals surface area contributed by atoms with Crippen LogP contribution < -0.4 is 10.0 Å². The molecule has 1 heterocycles. The van der Waals surface area contributed by atoms with Crippen molar-refractivity contribution in [2.45, 2.75) is 37.0 Å². The van der Waals surface area contributed by atoms with Crippen molar-refractivity contribution in [2.75, 3.05) is 19.6 Å². The number of fused-ring (bicyclic) bond motifs is 1. The zero-order chi connectivity index (χ0) is 14.7. The second-order valence-electron chi connectivity index (χ2n) is 5.78. The van der Waals surface area contributed by atoms with Gasteiger partial charge in [-0.15, -0.1) is 0 Å². The van der Waals surface area contributed by atoms with Crippen LogP contribution in [0.15, 0.2) is 34.7 Å². The molecule has 0 bridgehead atoms. The second kappa shape index (κ2) is 6.30. The highest BCUT2D eigenvalue weighted by atomic mass is 32.2. The van der Waals surface area contributed by atoms with Crippen molar-refractivity contribution in [3.8, 4) is 0 Å². The second-order valence-corrected chi connectivity index (χ2v) is 7.55. The molecule has 1 aromatic carbocycles. The molecule has 0 saturated carbocycles. The number of rotatable bonds is 4. The Balaban J connectivity index is 1.73. The first kappa shape index (κ1) is 14.8. The zero-order valence-corrected chi connectivity index (χ0v) is 13.0. The van der Waals surface area contributed by atoms with Gasteiger partial charge >= 0.3 is 0 Å². The average molecular weight is 306 g/mol. The predicted molar refractivity (Wildman–Crippen MR) is 83.8 cm³/mol. The molecule has 1 aliphatic carbocycles. The molecule has 0 atom stereocenters. The van der Waals surface area contributed by atoms with Gasteiger partial charge in [0.25, 0.3) is 0 Å². The normalized spacial score (nSPS) is 19.0. The van der Waals surface area contributed by atoms with E-state index in [-0.39, 0.29) is 0 Å². The van der Waals surface area contributed by atoms with Crippen LogP contribution in [0.25, 0.3) is 0 Å². The van der Waals surface area contributed by atoms with Gasteiger partial charge in [0.05, 0.1) is 4.90 Å². The maximum absolute atomic E-state index is 12.4. The Kier molecular flexibility index (Phi) is 4.42. The summed E-state index contributed by atoms with van der Waals surface area (Å²) in [5.41, 5.74) is 3.67. The Morgan fingerprint density at radius 2 is 1.90 bits per heavy atom. The number of aryl methyl sites for hydroxylation is 2. The molecule has 0 spiro atoms. The van der Waals surface area contributed by atoms with Crippen LogP contribution >= 0.6 is 0 Å². The van der Waals surface area contributed by atoms with Crippen LogP contribution in [0.3, 0.4) is 0 Å². The van der Waals surface area contributed by atoms with E-state index in [1.54, 1.807) is 6.07 Å². The third-order valence-corrected chi connectivity index (χ3v) is 5.68. The fourth-order valence-corrected chi connectivity index (χ4v) is 4.06. The molecule has 2 aliphatic rings. The minimum Gasteiger partial charge on any atom is -0.313 e. The van der Waals surface area contributed by atoms with Crippen molar-refractivity contribution >= 4 is 10.0 Å². The lowest BCUT2D eigenvalue weighted by molar-refractivity contribution is 0.581. The van der Waals surface area contributed by atoms with Crippen molar-refractivity contribution in [1.29, 1.82) is 0 Å². The van der Waals surface area contributed by atoms with Crippen LogP contribution in [0.5, 0.6) is 0 Å². The molecular formula is C16H22N2O2S. The van der Waals surface area contributed by atoms with E-state index in [0.29, 0.717) is 11.4 Å². The number of nitrogens with one attached hydrogen (secondary N) is 2. The van der Waals surface area contributed by atoms with E-state index in [1.165, 1.54) is 17.5 Å². The van der Waals surface area contributed by atoms with Crippen LogP contribution in [0, 0.1) is 0 Å². The Hall–Kier alpha value is -1.17. The molecule has 4 nitrogen and oxygen atoms in total. The molecule has 114 valence electrons. The quantitative estimate of drug-likeness (QED) is 0.834. The SMILES string of the molecule is O=S(=O)(NCC1=CCNCC1)c1ccc2c(c1)CCCC2. The number of benzene rings is 1. The summed E-state index contributed by atoms with van der Waals surface area (Å²) >= 11 is 0. The predicted octanol–water partition coefficient (Wildman–Crippen LogP) is 1.76. The average Bonchev–Trinajstić information content (AvgIpc) is 2.53. The molecule has 0 aromatic heterocycles. The van der Waals surface area contributed by atoms with Crippen molar-refractivity contribution in [2.24, 2.45) is 0 Å². The summed E-state index contributed by atoms with van der Waals surface area (Å²) in [4.78, 5) is 0.401. The van der Waals surface area contributed by atoms with Gasteiger partial charge in [-0.3, -0.25) is 0 Å². The van der Waals surface area contributed by atoms with Crippen LogP contribution in [-0.4, -0.2) is 28.1 Å². The molecule has 0 amide bonds. The first-order valence-corrected chi connectivity index (χ1v) is 9.13. The third-order valence-electron chi connectivity index (χ3n) is 4.28. The smallest absolute Gasteiger partial charge is 0.240 e. The van der Waals surface area contributed by atoms with E-state index >= 15 is 0 Å². The van der Waals surface area contributed by atoms with Crippen molar-refractivity contribution < 1.29 is 8.42 Å². The van der Waals surface area contributed by atoms with Crippen molar-refractivity contribution in [1.82, 2.24) is 10.0 Å². The van der Waals surface area contributed by atoms with Crippen LogP contribution in [0.2, 0.25) is 0 Å². The Bertz CT molecular complexity index is 650. The van der Waals surface area contributed by atoms with Crippen LogP contribution in [0.4, 0.5) is 0 Å². The molecular weight excluding hydrogens is 284 g/mol. The van der Waals surface area contributed by atoms with Gasteiger partial charge in [-0.2, -0.15) is 0 Å². The number of hydrogen-bond donors (Lipinski definition) is 2. The van der Waals surface area contributed by atoms with Crippen molar-refractivity contribution in [3.63, 3.8) is 0 Å². The molecule has 0 fully saturated rings. The molecule has 0 unspecified atom stereocenters. The molecule has 21 heavy (non-hydrogen) atoms. The Morgan fingerprint density at radius 1 is 1.10 bits per heavy atom. The Morgan fingerprint density at radius 3 is 2.67 bits per heavy atom. The van der Waals surface area contributed by atoms with E-state index in [0.717, 1.165) is 44.3 Å². The summed E-state index contributed by atoms with van der Waals surface area (Å²) in [6.45, 7) is 2.17. The molecule has 3 rings (SSSR count). The summed E-state index contributed by atoms with van der Waals surface area (Å²) in [7, 11) is -3.40. The largest absolute Gasteiger partial charge is 0.313 e. The molecule has 0 saturated heterocycles. The fourth-order valence-electron chi connectivity index (χ4n) is 2.98. The number of hydrogen-bond acceptors (Lipinski definition) is 3. The van der Waals surface area contributed by atoms with Gasteiger partial charge in [-0.1, -0.05) is 17.7 Å². The van der Waals surface area contributed by atoms with Crippen LogP contribution in [0.1, 0.15) is 30.4 Å². The molecule has 5 heteroatoms. The van der Waals surface area contributed by atoms with Crippen LogP contribution in [-0.2, 0) is 22.9 Å². The summed E-state index contributed by atoms with van der Waals surface area (Å²) in [5.74, 6) is 0. The van der Waals surface area contributed by atoms with Gasteiger partial charge in [-0.25, -0.2) is 13.1 Å². The minimum atomic E-state index is -3.40. The van der Waals surface area contributed by atoms with Gasteiger partial charge in [0.1, 0.15) is 0 Å². The topological polar surface area (TPSA) is 58.2 Å². The van der Waals surface area contributed by atoms with Gasteiger partial charge in [-0.05, 0) is 61.9 Å². The van der Waals surface area contributed by atoms with Crippen molar-refractivity contribution in [3.05, 3.63) is 41.0 Å². The summed E-state index contributed by atoms with van der Waals surface area (Å²) in [5, 5.41) is 3.22. The van der Waals surface area contributed by atoms with E-state index in [4.69, 9.17) is 0 Å². The molecule has 2 N–H and O–H groups in total. The Labute approximate surface area is 126 Å². The number of sulfonamides is 1. The van der Waals surface area contributed by atoms with Gasteiger partial charge in [0.2, 0.25) is 10.0 Å². The van der Waals surface area contributed by atoms with E-state index in [9.17, 15) is 8.42 Å². The molecule has 0 radical (unpaired) electrons. The highest BCUT2D eigenvalue weighted by molar-refractivity contribution is 7.89. The maximum atomic E-state index is 12.4. The van der Waals surface area contributed by atoms with Gasteiger partial charge < -0.3 is 5.32 Å². The highest BCUT2D eigenvalue weighted by Gasteiger charge is 2.18.